The lowest BCUT2D eigenvalue weighted by Crippen LogP contribution is -2.37. The first-order valence-electron chi connectivity index (χ1n) is 7.67. The topological polar surface area (TPSA) is 15.3 Å². The van der Waals surface area contributed by atoms with Gasteiger partial charge >= 0.3 is 0 Å². The molecule has 1 aliphatic rings. The maximum absolute atomic E-state index is 3.48. The highest BCUT2D eigenvalue weighted by molar-refractivity contribution is 5.55. The second-order valence-corrected chi connectivity index (χ2v) is 6.19. The molecule has 1 aromatic carbocycles. The van der Waals surface area contributed by atoms with Crippen molar-refractivity contribution in [1.29, 1.82) is 0 Å². The minimum Gasteiger partial charge on any atom is -0.369 e. The third-order valence-electron chi connectivity index (χ3n) is 4.09. The van der Waals surface area contributed by atoms with Crippen molar-refractivity contribution < 1.29 is 0 Å². The van der Waals surface area contributed by atoms with Gasteiger partial charge in [0, 0.05) is 30.9 Å². The number of hydrogen-bond acceptors (Lipinski definition) is 2. The van der Waals surface area contributed by atoms with E-state index in [4.69, 9.17) is 0 Å². The van der Waals surface area contributed by atoms with Crippen molar-refractivity contribution >= 4 is 5.69 Å². The summed E-state index contributed by atoms with van der Waals surface area (Å²) in [4.78, 5) is 2.58. The molecule has 1 unspecified atom stereocenters. The molecule has 1 aliphatic heterocycles. The second kappa shape index (κ2) is 6.42. The summed E-state index contributed by atoms with van der Waals surface area (Å²) in [5, 5.41) is 3.48. The Labute approximate surface area is 118 Å². The molecule has 2 rings (SSSR count). The molecule has 2 nitrogen and oxygen atoms in total. The first kappa shape index (κ1) is 14.4. The molecule has 0 bridgehead atoms. The highest BCUT2D eigenvalue weighted by Crippen LogP contribution is 2.28. The lowest BCUT2D eigenvalue weighted by atomic mass is 10.0. The summed E-state index contributed by atoms with van der Waals surface area (Å²) in [6, 6.07) is 8.16. The van der Waals surface area contributed by atoms with E-state index in [0.717, 1.165) is 6.54 Å². The molecule has 1 N–H and O–H groups in total. The molecule has 2 heteroatoms. The van der Waals surface area contributed by atoms with E-state index in [-0.39, 0.29) is 0 Å². The van der Waals surface area contributed by atoms with Crippen molar-refractivity contribution in [3.05, 3.63) is 29.3 Å². The molecule has 0 aliphatic carbocycles. The summed E-state index contributed by atoms with van der Waals surface area (Å²) in [6.07, 6.45) is 4.05. The molecule has 0 aromatic heterocycles. The lowest BCUT2D eigenvalue weighted by molar-refractivity contribution is 0.484. The van der Waals surface area contributed by atoms with Gasteiger partial charge in [0.1, 0.15) is 0 Å². The molecule has 1 atom stereocenters. The summed E-state index contributed by atoms with van der Waals surface area (Å²) in [6.45, 7) is 11.2. The monoisotopic (exact) mass is 260 g/mol. The molecular formula is C17H28N2. The number of piperidine rings is 1. The smallest absolute Gasteiger partial charge is 0.0398 e. The molecule has 0 amide bonds. The van der Waals surface area contributed by atoms with Crippen molar-refractivity contribution in [3.8, 4) is 0 Å². The zero-order valence-electron chi connectivity index (χ0n) is 12.9. The Morgan fingerprint density at radius 1 is 1.32 bits per heavy atom. The average Bonchev–Trinajstić information content (AvgIpc) is 2.38. The van der Waals surface area contributed by atoms with Crippen molar-refractivity contribution in [3.63, 3.8) is 0 Å². The van der Waals surface area contributed by atoms with E-state index in [2.05, 4.69) is 56.1 Å². The molecule has 1 aromatic rings. The molecule has 1 heterocycles. The van der Waals surface area contributed by atoms with Crippen LogP contribution in [0.2, 0.25) is 0 Å². The van der Waals surface area contributed by atoms with Gasteiger partial charge in [-0.3, -0.25) is 0 Å². The highest BCUT2D eigenvalue weighted by atomic mass is 15.2. The summed E-state index contributed by atoms with van der Waals surface area (Å²) in [5.41, 5.74) is 4.23. The fraction of sp³-hybridized carbons (Fsp3) is 0.647. The van der Waals surface area contributed by atoms with Crippen LogP contribution < -0.4 is 10.2 Å². The molecule has 1 saturated heterocycles. The Bertz CT molecular complexity index is 412. The van der Waals surface area contributed by atoms with E-state index in [1.165, 1.54) is 42.6 Å². The Kier molecular flexibility index (Phi) is 4.87. The minimum atomic E-state index is 0.544. The van der Waals surface area contributed by atoms with Gasteiger partial charge in [0.25, 0.3) is 0 Å². The van der Waals surface area contributed by atoms with Crippen LogP contribution in [-0.2, 0) is 6.54 Å². The zero-order chi connectivity index (χ0) is 13.8. The van der Waals surface area contributed by atoms with Gasteiger partial charge in [-0.1, -0.05) is 26.0 Å². The molecule has 19 heavy (non-hydrogen) atoms. The third-order valence-corrected chi connectivity index (χ3v) is 4.09. The summed E-state index contributed by atoms with van der Waals surface area (Å²) in [7, 11) is 0. The van der Waals surface area contributed by atoms with Gasteiger partial charge in [-0.05, 0) is 50.3 Å². The van der Waals surface area contributed by atoms with Crippen molar-refractivity contribution in [2.24, 2.45) is 0 Å². The predicted molar refractivity (Wildman–Crippen MR) is 83.8 cm³/mol. The number of hydrogen-bond donors (Lipinski definition) is 1. The third kappa shape index (κ3) is 3.73. The Hall–Kier alpha value is -1.02. The van der Waals surface area contributed by atoms with Crippen LogP contribution in [0.4, 0.5) is 5.69 Å². The standard InChI is InChI=1S/C17H28N2/c1-13(2)18-12-16-8-9-17(14(3)11-16)19-10-6-5-7-15(19)4/h8-9,11,13,15,18H,5-7,10,12H2,1-4H3. The van der Waals surface area contributed by atoms with Crippen LogP contribution in [0.3, 0.4) is 0 Å². The number of benzene rings is 1. The zero-order valence-corrected chi connectivity index (χ0v) is 12.9. The molecular weight excluding hydrogens is 232 g/mol. The van der Waals surface area contributed by atoms with Crippen LogP contribution in [0.25, 0.3) is 0 Å². The maximum atomic E-state index is 3.48. The molecule has 0 saturated carbocycles. The lowest BCUT2D eigenvalue weighted by Gasteiger charge is -2.36. The predicted octanol–water partition coefficient (Wildman–Crippen LogP) is 3.87. The van der Waals surface area contributed by atoms with Crippen LogP contribution in [-0.4, -0.2) is 18.6 Å². The van der Waals surface area contributed by atoms with Crippen LogP contribution in [0, 0.1) is 6.92 Å². The van der Waals surface area contributed by atoms with E-state index < -0.39 is 0 Å². The van der Waals surface area contributed by atoms with Crippen LogP contribution in [0.1, 0.15) is 51.2 Å². The highest BCUT2D eigenvalue weighted by Gasteiger charge is 2.19. The van der Waals surface area contributed by atoms with Gasteiger partial charge in [-0.25, -0.2) is 0 Å². The SMILES string of the molecule is Cc1cc(CNC(C)C)ccc1N1CCCCC1C. The van der Waals surface area contributed by atoms with E-state index in [1.807, 2.05) is 0 Å². The van der Waals surface area contributed by atoms with Gasteiger partial charge in [0.15, 0.2) is 0 Å². The molecule has 1 fully saturated rings. The van der Waals surface area contributed by atoms with Crippen LogP contribution >= 0.6 is 0 Å². The minimum absolute atomic E-state index is 0.544. The second-order valence-electron chi connectivity index (χ2n) is 6.19. The maximum Gasteiger partial charge on any atom is 0.0398 e. The van der Waals surface area contributed by atoms with Gasteiger partial charge < -0.3 is 10.2 Å². The largest absolute Gasteiger partial charge is 0.369 e. The molecule has 106 valence electrons. The average molecular weight is 260 g/mol. The van der Waals surface area contributed by atoms with E-state index >= 15 is 0 Å². The number of anilines is 1. The Balaban J connectivity index is 2.10. The Morgan fingerprint density at radius 2 is 2.11 bits per heavy atom. The molecule has 0 spiro atoms. The molecule has 0 radical (unpaired) electrons. The number of nitrogens with one attached hydrogen (secondary N) is 1. The van der Waals surface area contributed by atoms with Crippen molar-refractivity contribution in [2.45, 2.75) is 65.6 Å². The van der Waals surface area contributed by atoms with E-state index in [0.29, 0.717) is 12.1 Å². The van der Waals surface area contributed by atoms with E-state index in [9.17, 15) is 0 Å². The fourth-order valence-corrected chi connectivity index (χ4v) is 2.93. The van der Waals surface area contributed by atoms with Gasteiger partial charge in [0.2, 0.25) is 0 Å². The quantitative estimate of drug-likeness (QED) is 0.884. The first-order valence-corrected chi connectivity index (χ1v) is 7.67. The van der Waals surface area contributed by atoms with Gasteiger partial charge in [-0.2, -0.15) is 0 Å². The van der Waals surface area contributed by atoms with Gasteiger partial charge in [0.05, 0.1) is 0 Å². The van der Waals surface area contributed by atoms with Crippen molar-refractivity contribution in [2.75, 3.05) is 11.4 Å². The summed E-state index contributed by atoms with van der Waals surface area (Å²) in [5.74, 6) is 0. The van der Waals surface area contributed by atoms with Crippen LogP contribution in [0.5, 0.6) is 0 Å². The number of nitrogens with zero attached hydrogens (tertiary/aromatic N) is 1. The van der Waals surface area contributed by atoms with E-state index in [1.54, 1.807) is 0 Å². The number of rotatable bonds is 4. The van der Waals surface area contributed by atoms with Crippen LogP contribution in [0.15, 0.2) is 18.2 Å². The van der Waals surface area contributed by atoms with Gasteiger partial charge in [-0.15, -0.1) is 0 Å². The fourth-order valence-electron chi connectivity index (χ4n) is 2.93. The summed E-state index contributed by atoms with van der Waals surface area (Å²) >= 11 is 0. The normalized spacial score (nSPS) is 20.1. The summed E-state index contributed by atoms with van der Waals surface area (Å²) < 4.78 is 0. The number of aryl methyl sites for hydroxylation is 1. The Morgan fingerprint density at radius 3 is 2.74 bits per heavy atom. The first-order chi connectivity index (χ1) is 9.08. The van der Waals surface area contributed by atoms with Crippen molar-refractivity contribution in [1.82, 2.24) is 5.32 Å².